The van der Waals surface area contributed by atoms with Crippen molar-refractivity contribution in [3.63, 3.8) is 0 Å². The van der Waals surface area contributed by atoms with Gasteiger partial charge in [-0.15, -0.1) is 11.3 Å². The molecule has 3 nitrogen and oxygen atoms in total. The van der Waals surface area contributed by atoms with Crippen LogP contribution >= 0.6 is 27.3 Å². The Balaban J connectivity index is 2.74. The van der Waals surface area contributed by atoms with Crippen molar-refractivity contribution in [2.45, 2.75) is 25.4 Å². The third-order valence-electron chi connectivity index (χ3n) is 3.28. The molecule has 1 rings (SSSR count). The van der Waals surface area contributed by atoms with Crippen molar-refractivity contribution in [1.82, 2.24) is 4.90 Å². The van der Waals surface area contributed by atoms with Crippen LogP contribution in [0.25, 0.3) is 0 Å². The molecule has 1 aromatic heterocycles. The summed E-state index contributed by atoms with van der Waals surface area (Å²) in [6.07, 6.45) is 0.986. The Morgan fingerprint density at radius 1 is 1.59 bits per heavy atom. The Bertz CT molecular complexity index is 339. The second-order valence-corrected chi connectivity index (χ2v) is 6.21. The largest absolute Gasteiger partial charge is 0.383 e. The van der Waals surface area contributed by atoms with Crippen molar-refractivity contribution in [2.75, 3.05) is 27.3 Å². The molecular weight excluding hydrogens is 300 g/mol. The first-order valence-corrected chi connectivity index (χ1v) is 7.38. The van der Waals surface area contributed by atoms with Crippen LogP contribution in [0, 0.1) is 0 Å². The van der Waals surface area contributed by atoms with Gasteiger partial charge in [0.05, 0.1) is 12.1 Å². The number of thiophene rings is 1. The predicted octanol–water partition coefficient (Wildman–Crippen LogP) is 2.70. The first-order chi connectivity index (χ1) is 8.07. The Morgan fingerprint density at radius 3 is 2.71 bits per heavy atom. The summed E-state index contributed by atoms with van der Waals surface area (Å²) in [5, 5.41) is 2.11. The SMILES string of the molecule is CCC(CN)(COC)N(C)Cc1cc(Br)cs1. The Morgan fingerprint density at radius 2 is 2.29 bits per heavy atom. The van der Waals surface area contributed by atoms with Crippen LogP contribution in [-0.2, 0) is 11.3 Å². The number of nitrogens with zero attached hydrogens (tertiary/aromatic N) is 1. The first-order valence-electron chi connectivity index (χ1n) is 5.71. The average molecular weight is 321 g/mol. The minimum Gasteiger partial charge on any atom is -0.383 e. The second kappa shape index (κ2) is 6.85. The molecule has 0 saturated heterocycles. The molecule has 0 aliphatic carbocycles. The fraction of sp³-hybridized carbons (Fsp3) is 0.667. The Hall–Kier alpha value is 0.0600. The highest BCUT2D eigenvalue weighted by Gasteiger charge is 2.31. The lowest BCUT2D eigenvalue weighted by atomic mass is 9.95. The van der Waals surface area contributed by atoms with Crippen LogP contribution in [0.1, 0.15) is 18.2 Å². The van der Waals surface area contributed by atoms with Gasteiger partial charge in [-0.2, -0.15) is 0 Å². The molecular formula is C12H21BrN2OS. The third-order valence-corrected chi connectivity index (χ3v) is 4.96. The summed E-state index contributed by atoms with van der Waals surface area (Å²) in [6, 6.07) is 2.16. The van der Waals surface area contributed by atoms with Crippen molar-refractivity contribution in [1.29, 1.82) is 0 Å². The van der Waals surface area contributed by atoms with Gasteiger partial charge in [-0.1, -0.05) is 6.92 Å². The van der Waals surface area contributed by atoms with E-state index in [4.69, 9.17) is 10.5 Å². The van der Waals surface area contributed by atoms with Gasteiger partial charge in [0.25, 0.3) is 0 Å². The van der Waals surface area contributed by atoms with E-state index in [-0.39, 0.29) is 5.54 Å². The molecule has 0 radical (unpaired) electrons. The maximum Gasteiger partial charge on any atom is 0.0658 e. The highest BCUT2D eigenvalue weighted by Crippen LogP contribution is 2.25. The highest BCUT2D eigenvalue weighted by atomic mass is 79.9. The van der Waals surface area contributed by atoms with E-state index in [1.165, 1.54) is 4.88 Å². The maximum atomic E-state index is 5.94. The third kappa shape index (κ3) is 3.76. The molecule has 0 aromatic carbocycles. The number of hydrogen-bond acceptors (Lipinski definition) is 4. The summed E-state index contributed by atoms with van der Waals surface area (Å²) in [5.74, 6) is 0. The zero-order chi connectivity index (χ0) is 12.9. The Labute approximate surface area is 116 Å². The first kappa shape index (κ1) is 15.1. The molecule has 98 valence electrons. The summed E-state index contributed by atoms with van der Waals surface area (Å²) in [4.78, 5) is 3.64. The van der Waals surface area contributed by atoms with Crippen LogP contribution in [0.5, 0.6) is 0 Å². The summed E-state index contributed by atoms with van der Waals surface area (Å²) in [7, 11) is 3.85. The van der Waals surface area contributed by atoms with E-state index in [0.29, 0.717) is 13.2 Å². The van der Waals surface area contributed by atoms with Gasteiger partial charge in [-0.05, 0) is 35.5 Å². The number of methoxy groups -OCH3 is 1. The number of nitrogens with two attached hydrogens (primary N) is 1. The fourth-order valence-corrected chi connectivity index (χ4v) is 3.45. The molecule has 0 aliphatic heterocycles. The molecule has 1 aromatic rings. The van der Waals surface area contributed by atoms with Crippen LogP contribution in [0.15, 0.2) is 15.9 Å². The number of likely N-dealkylation sites (N-methyl/N-ethyl adjacent to an activating group) is 1. The van der Waals surface area contributed by atoms with Crippen LogP contribution < -0.4 is 5.73 Å². The molecule has 0 spiro atoms. The smallest absolute Gasteiger partial charge is 0.0658 e. The van der Waals surface area contributed by atoms with Crippen molar-refractivity contribution < 1.29 is 4.74 Å². The van der Waals surface area contributed by atoms with Crippen LogP contribution in [0.3, 0.4) is 0 Å². The van der Waals surface area contributed by atoms with E-state index >= 15 is 0 Å². The van der Waals surface area contributed by atoms with Crippen molar-refractivity contribution in [3.8, 4) is 0 Å². The van der Waals surface area contributed by atoms with Gasteiger partial charge in [0, 0.05) is 34.9 Å². The molecule has 5 heteroatoms. The topological polar surface area (TPSA) is 38.5 Å². The standard InChI is InChI=1S/C12H21BrN2OS/c1-4-12(8-14,9-16-3)15(2)6-11-5-10(13)7-17-11/h5,7H,4,6,8-9,14H2,1-3H3. The molecule has 17 heavy (non-hydrogen) atoms. The van der Waals surface area contributed by atoms with Crippen LogP contribution in [0.4, 0.5) is 0 Å². The summed E-state index contributed by atoms with van der Waals surface area (Å²) >= 11 is 5.24. The van der Waals surface area contributed by atoms with E-state index in [1.54, 1.807) is 18.4 Å². The summed E-state index contributed by atoms with van der Waals surface area (Å²) < 4.78 is 6.47. The fourth-order valence-electron chi connectivity index (χ4n) is 1.95. The van der Waals surface area contributed by atoms with Gasteiger partial charge in [0.15, 0.2) is 0 Å². The van der Waals surface area contributed by atoms with E-state index in [9.17, 15) is 0 Å². The summed E-state index contributed by atoms with van der Waals surface area (Å²) in [6.45, 7) is 4.35. The van der Waals surface area contributed by atoms with Gasteiger partial charge in [0.1, 0.15) is 0 Å². The predicted molar refractivity (Wildman–Crippen MR) is 77.4 cm³/mol. The average Bonchev–Trinajstić information content (AvgIpc) is 2.71. The quantitative estimate of drug-likeness (QED) is 0.839. The van der Waals surface area contributed by atoms with Gasteiger partial charge >= 0.3 is 0 Å². The summed E-state index contributed by atoms with van der Waals surface area (Å²) in [5.41, 5.74) is 5.87. The molecule has 0 saturated carbocycles. The van der Waals surface area contributed by atoms with Crippen LogP contribution in [0.2, 0.25) is 0 Å². The lowest BCUT2D eigenvalue weighted by Crippen LogP contribution is -2.54. The van der Waals surface area contributed by atoms with E-state index in [1.807, 2.05) is 0 Å². The minimum atomic E-state index is -0.0643. The molecule has 1 unspecified atom stereocenters. The maximum absolute atomic E-state index is 5.94. The van der Waals surface area contributed by atoms with Crippen molar-refractivity contribution >= 4 is 27.3 Å². The molecule has 1 heterocycles. The van der Waals surface area contributed by atoms with Gasteiger partial charge < -0.3 is 10.5 Å². The normalized spacial score (nSPS) is 15.2. The minimum absolute atomic E-state index is 0.0643. The number of hydrogen-bond donors (Lipinski definition) is 1. The number of halogens is 1. The van der Waals surface area contributed by atoms with E-state index in [0.717, 1.165) is 17.4 Å². The van der Waals surface area contributed by atoms with Crippen molar-refractivity contribution in [2.24, 2.45) is 5.73 Å². The second-order valence-electron chi connectivity index (χ2n) is 4.30. The van der Waals surface area contributed by atoms with Gasteiger partial charge in [-0.25, -0.2) is 0 Å². The lowest BCUT2D eigenvalue weighted by molar-refractivity contribution is 0.0239. The lowest BCUT2D eigenvalue weighted by Gasteiger charge is -2.39. The molecule has 1 atom stereocenters. The molecule has 0 amide bonds. The van der Waals surface area contributed by atoms with Gasteiger partial charge in [0.2, 0.25) is 0 Å². The molecule has 0 fully saturated rings. The van der Waals surface area contributed by atoms with Crippen LogP contribution in [-0.4, -0.2) is 37.7 Å². The number of ether oxygens (including phenoxy) is 1. The highest BCUT2D eigenvalue weighted by molar-refractivity contribution is 9.10. The molecule has 2 N–H and O–H groups in total. The molecule has 0 bridgehead atoms. The van der Waals surface area contributed by atoms with Crippen molar-refractivity contribution in [3.05, 3.63) is 20.8 Å². The van der Waals surface area contributed by atoms with E-state index in [2.05, 4.69) is 46.2 Å². The Kier molecular flexibility index (Phi) is 6.09. The monoisotopic (exact) mass is 320 g/mol. The van der Waals surface area contributed by atoms with Gasteiger partial charge in [-0.3, -0.25) is 4.90 Å². The zero-order valence-corrected chi connectivity index (χ0v) is 13.1. The van der Waals surface area contributed by atoms with E-state index < -0.39 is 0 Å². The zero-order valence-electron chi connectivity index (χ0n) is 10.7. The molecule has 0 aliphatic rings. The number of rotatable bonds is 7.